The van der Waals surface area contributed by atoms with Crippen molar-refractivity contribution in [3.8, 4) is 5.75 Å². The van der Waals surface area contributed by atoms with Gasteiger partial charge in [0.15, 0.2) is 0 Å². The van der Waals surface area contributed by atoms with Crippen molar-refractivity contribution in [3.05, 3.63) is 52.6 Å². The lowest BCUT2D eigenvalue weighted by molar-refractivity contribution is 0.0652. The SMILES string of the molecule is CCNC(=O)c1nccc2c1C(C)N(C(C)c1cc(C)c(OCC(F)F)cn1)C2=O. The van der Waals surface area contributed by atoms with Crippen molar-refractivity contribution in [2.45, 2.75) is 46.2 Å². The first-order valence-corrected chi connectivity index (χ1v) is 9.73. The molecular formula is C21H24F2N4O3. The maximum Gasteiger partial charge on any atom is 0.272 e. The van der Waals surface area contributed by atoms with Crippen LogP contribution in [0.4, 0.5) is 8.78 Å². The van der Waals surface area contributed by atoms with Gasteiger partial charge in [-0.25, -0.2) is 8.78 Å². The molecule has 1 N–H and O–H groups in total. The number of aromatic nitrogens is 2. The summed E-state index contributed by atoms with van der Waals surface area (Å²) in [5, 5.41) is 2.73. The Morgan fingerprint density at radius 2 is 2.10 bits per heavy atom. The van der Waals surface area contributed by atoms with Crippen LogP contribution in [-0.2, 0) is 0 Å². The number of rotatable bonds is 7. The van der Waals surface area contributed by atoms with Crippen molar-refractivity contribution in [1.29, 1.82) is 0 Å². The number of ether oxygens (including phenoxy) is 1. The normalized spacial score (nSPS) is 16.6. The molecule has 3 rings (SSSR count). The van der Waals surface area contributed by atoms with Gasteiger partial charge in [-0.2, -0.15) is 0 Å². The predicted octanol–water partition coefficient (Wildman–Crippen LogP) is 3.46. The van der Waals surface area contributed by atoms with Gasteiger partial charge < -0.3 is 15.0 Å². The molecule has 9 heteroatoms. The molecule has 1 aliphatic heterocycles. The van der Waals surface area contributed by atoms with Crippen molar-refractivity contribution >= 4 is 11.8 Å². The van der Waals surface area contributed by atoms with Crippen molar-refractivity contribution in [3.63, 3.8) is 0 Å². The zero-order chi connectivity index (χ0) is 22.0. The molecule has 0 fully saturated rings. The molecule has 2 amide bonds. The number of carbonyl (C=O) groups is 2. The minimum absolute atomic E-state index is 0.213. The Kier molecular flexibility index (Phi) is 6.28. The van der Waals surface area contributed by atoms with E-state index in [4.69, 9.17) is 4.74 Å². The van der Waals surface area contributed by atoms with Crippen molar-refractivity contribution in [2.24, 2.45) is 0 Å². The highest BCUT2D eigenvalue weighted by Gasteiger charge is 2.40. The average Bonchev–Trinajstić information content (AvgIpc) is 2.97. The zero-order valence-corrected chi connectivity index (χ0v) is 17.3. The molecule has 3 heterocycles. The fourth-order valence-electron chi connectivity index (χ4n) is 3.71. The van der Waals surface area contributed by atoms with E-state index in [1.807, 2.05) is 20.8 Å². The molecule has 7 nitrogen and oxygen atoms in total. The predicted molar refractivity (Wildman–Crippen MR) is 106 cm³/mol. The number of hydrogen-bond donors (Lipinski definition) is 1. The highest BCUT2D eigenvalue weighted by atomic mass is 19.3. The van der Waals surface area contributed by atoms with Gasteiger partial charge >= 0.3 is 0 Å². The van der Waals surface area contributed by atoms with Crippen LogP contribution in [0.25, 0.3) is 0 Å². The van der Waals surface area contributed by atoms with Gasteiger partial charge in [0.25, 0.3) is 18.2 Å². The second kappa shape index (κ2) is 8.73. The molecular weight excluding hydrogens is 394 g/mol. The summed E-state index contributed by atoms with van der Waals surface area (Å²) < 4.78 is 29.9. The molecule has 0 bridgehead atoms. The van der Waals surface area contributed by atoms with E-state index in [-0.39, 0.29) is 29.3 Å². The third-order valence-electron chi connectivity index (χ3n) is 5.14. The largest absolute Gasteiger partial charge is 0.486 e. The Morgan fingerprint density at radius 1 is 1.37 bits per heavy atom. The summed E-state index contributed by atoms with van der Waals surface area (Å²) in [4.78, 5) is 35.7. The molecule has 0 saturated heterocycles. The van der Waals surface area contributed by atoms with Crippen LogP contribution in [0.1, 0.15) is 70.5 Å². The third-order valence-corrected chi connectivity index (χ3v) is 5.14. The Labute approximate surface area is 173 Å². The van der Waals surface area contributed by atoms with Gasteiger partial charge in [-0.1, -0.05) is 0 Å². The van der Waals surface area contributed by atoms with Crippen LogP contribution in [0.15, 0.2) is 24.5 Å². The Hall–Kier alpha value is -3.10. The topological polar surface area (TPSA) is 84.4 Å². The van der Waals surface area contributed by atoms with E-state index < -0.39 is 19.1 Å². The number of aryl methyl sites for hydroxylation is 1. The molecule has 1 aliphatic rings. The smallest absolute Gasteiger partial charge is 0.272 e. The Bertz CT molecular complexity index is 967. The molecule has 0 saturated carbocycles. The van der Waals surface area contributed by atoms with E-state index in [9.17, 15) is 18.4 Å². The average molecular weight is 418 g/mol. The summed E-state index contributed by atoms with van der Waals surface area (Å²) >= 11 is 0. The van der Waals surface area contributed by atoms with Gasteiger partial charge in [0, 0.05) is 23.9 Å². The van der Waals surface area contributed by atoms with Gasteiger partial charge in [0.2, 0.25) is 0 Å². The van der Waals surface area contributed by atoms with Crippen molar-refractivity contribution in [2.75, 3.05) is 13.2 Å². The number of halogens is 2. The van der Waals surface area contributed by atoms with Gasteiger partial charge in [-0.3, -0.25) is 19.6 Å². The lowest BCUT2D eigenvalue weighted by Crippen LogP contribution is -2.31. The van der Waals surface area contributed by atoms with Crippen LogP contribution >= 0.6 is 0 Å². The molecule has 0 aliphatic carbocycles. The summed E-state index contributed by atoms with van der Waals surface area (Å²) in [6, 6.07) is 2.54. The first kappa shape index (κ1) is 21.6. The molecule has 2 aromatic rings. The highest BCUT2D eigenvalue weighted by molar-refractivity contribution is 6.04. The molecule has 160 valence electrons. The number of carbonyl (C=O) groups excluding carboxylic acids is 2. The van der Waals surface area contributed by atoms with Crippen LogP contribution in [0.5, 0.6) is 5.75 Å². The van der Waals surface area contributed by atoms with E-state index in [1.165, 1.54) is 12.4 Å². The summed E-state index contributed by atoms with van der Waals surface area (Å²) in [5.41, 5.74) is 2.52. The Morgan fingerprint density at radius 3 is 2.73 bits per heavy atom. The van der Waals surface area contributed by atoms with Crippen LogP contribution in [0.3, 0.4) is 0 Å². The quantitative estimate of drug-likeness (QED) is 0.745. The van der Waals surface area contributed by atoms with Crippen LogP contribution in [0.2, 0.25) is 0 Å². The zero-order valence-electron chi connectivity index (χ0n) is 17.3. The molecule has 0 aromatic carbocycles. The summed E-state index contributed by atoms with van der Waals surface area (Å²) in [5.74, 6) is -0.258. The highest BCUT2D eigenvalue weighted by Crippen LogP contribution is 2.40. The number of pyridine rings is 2. The minimum Gasteiger partial charge on any atom is -0.486 e. The van der Waals surface area contributed by atoms with E-state index in [2.05, 4.69) is 15.3 Å². The molecule has 2 aromatic heterocycles. The number of nitrogens with zero attached hydrogens (tertiary/aromatic N) is 3. The summed E-state index contributed by atoms with van der Waals surface area (Å²) in [7, 11) is 0. The van der Waals surface area contributed by atoms with Crippen molar-refractivity contribution in [1.82, 2.24) is 20.2 Å². The first-order valence-electron chi connectivity index (χ1n) is 9.73. The first-order chi connectivity index (χ1) is 14.3. The van der Waals surface area contributed by atoms with Gasteiger partial charge in [0.1, 0.15) is 18.1 Å². The number of hydrogen-bond acceptors (Lipinski definition) is 5. The van der Waals surface area contributed by atoms with Crippen LogP contribution < -0.4 is 10.1 Å². The third kappa shape index (κ3) is 3.96. The van der Waals surface area contributed by atoms with E-state index >= 15 is 0 Å². The number of amides is 2. The number of nitrogens with one attached hydrogen (secondary N) is 1. The molecule has 2 atom stereocenters. The van der Waals surface area contributed by atoms with E-state index in [0.717, 1.165) is 0 Å². The minimum atomic E-state index is -2.57. The molecule has 0 radical (unpaired) electrons. The van der Waals surface area contributed by atoms with Crippen molar-refractivity contribution < 1.29 is 23.1 Å². The summed E-state index contributed by atoms with van der Waals surface area (Å²) in [6.07, 6.45) is 0.279. The summed E-state index contributed by atoms with van der Waals surface area (Å²) in [6.45, 7) is 6.98. The van der Waals surface area contributed by atoms with Crippen LogP contribution in [0, 0.1) is 6.92 Å². The lowest BCUT2D eigenvalue weighted by Gasteiger charge is -2.29. The molecule has 30 heavy (non-hydrogen) atoms. The van der Waals surface area contributed by atoms with Gasteiger partial charge in [-0.15, -0.1) is 0 Å². The van der Waals surface area contributed by atoms with Gasteiger partial charge in [0.05, 0.1) is 24.0 Å². The maximum atomic E-state index is 13.1. The monoisotopic (exact) mass is 418 g/mol. The fourth-order valence-corrected chi connectivity index (χ4v) is 3.71. The second-order valence-corrected chi connectivity index (χ2v) is 7.12. The maximum absolute atomic E-state index is 13.1. The van der Waals surface area contributed by atoms with E-state index in [0.29, 0.717) is 28.9 Å². The number of fused-ring (bicyclic) bond motifs is 1. The van der Waals surface area contributed by atoms with E-state index in [1.54, 1.807) is 24.0 Å². The van der Waals surface area contributed by atoms with Gasteiger partial charge in [-0.05, 0) is 45.4 Å². The standard InChI is InChI=1S/C21H24F2N4O3/c1-5-24-20(28)19-18-13(4)27(21(29)14(18)6-7-25-19)12(3)15-8-11(2)16(9-26-15)30-10-17(22)23/h6-9,12-13,17H,5,10H2,1-4H3,(H,24,28). The molecule has 0 spiro atoms. The fraction of sp³-hybridized carbons (Fsp3) is 0.429. The molecule has 2 unspecified atom stereocenters. The lowest BCUT2D eigenvalue weighted by atomic mass is 10.0. The Balaban J connectivity index is 1.89. The van der Waals surface area contributed by atoms with Crippen LogP contribution in [-0.4, -0.2) is 46.3 Å². The second-order valence-electron chi connectivity index (χ2n) is 7.12. The number of alkyl halides is 2.